The molecule has 1 aliphatic rings. The van der Waals surface area contributed by atoms with E-state index in [1.54, 1.807) is 7.05 Å². The highest BCUT2D eigenvalue weighted by atomic mass is 16.2. The molecule has 2 aromatic carbocycles. The number of anilines is 1. The van der Waals surface area contributed by atoms with Crippen LogP contribution >= 0.6 is 0 Å². The molecule has 1 N–H and O–H groups in total. The highest BCUT2D eigenvalue weighted by Gasteiger charge is 2.24. The van der Waals surface area contributed by atoms with E-state index in [9.17, 15) is 9.59 Å². The van der Waals surface area contributed by atoms with E-state index < -0.39 is 11.2 Å². The number of H-pyrrole nitrogens is 1. The van der Waals surface area contributed by atoms with Crippen molar-refractivity contribution in [1.82, 2.24) is 24.0 Å². The lowest BCUT2D eigenvalue weighted by Crippen LogP contribution is -2.47. The Bertz CT molecular complexity index is 1470. The first-order valence-corrected chi connectivity index (χ1v) is 11.9. The van der Waals surface area contributed by atoms with E-state index in [2.05, 4.69) is 64.2 Å². The van der Waals surface area contributed by atoms with Crippen molar-refractivity contribution in [1.29, 1.82) is 0 Å². The fraction of sp³-hybridized carbons (Fsp3) is 0.296. The summed E-state index contributed by atoms with van der Waals surface area (Å²) in [6.45, 7) is 6.82. The summed E-state index contributed by atoms with van der Waals surface area (Å²) in [7, 11) is 1.64. The van der Waals surface area contributed by atoms with Gasteiger partial charge in [-0.25, -0.2) is 4.79 Å². The third-order valence-corrected chi connectivity index (χ3v) is 6.54. The van der Waals surface area contributed by atoms with Gasteiger partial charge in [0, 0.05) is 39.8 Å². The Kier molecular flexibility index (Phi) is 6.37. The Hall–Kier alpha value is -3.91. The number of hydrogen-bond acceptors (Lipinski definition) is 5. The van der Waals surface area contributed by atoms with Crippen molar-refractivity contribution in [2.24, 2.45) is 7.05 Å². The number of benzene rings is 2. The van der Waals surface area contributed by atoms with Gasteiger partial charge in [-0.15, -0.1) is 0 Å². The van der Waals surface area contributed by atoms with E-state index in [0.717, 1.165) is 49.8 Å². The highest BCUT2D eigenvalue weighted by molar-refractivity contribution is 5.74. The lowest BCUT2D eigenvalue weighted by molar-refractivity contribution is 0.282. The number of nitrogens with zero attached hydrogens (tertiary/aromatic N) is 5. The summed E-state index contributed by atoms with van der Waals surface area (Å²) in [4.78, 5) is 36.9. The molecule has 0 unspecified atom stereocenters. The molecule has 3 heterocycles. The van der Waals surface area contributed by atoms with Gasteiger partial charge in [0.2, 0.25) is 5.95 Å². The van der Waals surface area contributed by atoms with Crippen LogP contribution in [0, 0.1) is 6.92 Å². The lowest BCUT2D eigenvalue weighted by Gasteiger charge is -2.35. The minimum absolute atomic E-state index is 0.404. The summed E-state index contributed by atoms with van der Waals surface area (Å²) in [6, 6.07) is 18.5. The van der Waals surface area contributed by atoms with Crippen LogP contribution in [0.2, 0.25) is 0 Å². The number of fused-ring (bicyclic) bond motifs is 1. The Morgan fingerprint density at radius 3 is 2.51 bits per heavy atom. The Morgan fingerprint density at radius 2 is 1.77 bits per heavy atom. The molecule has 8 heteroatoms. The van der Waals surface area contributed by atoms with E-state index in [4.69, 9.17) is 4.98 Å². The summed E-state index contributed by atoms with van der Waals surface area (Å²) >= 11 is 0. The number of aromatic nitrogens is 4. The third kappa shape index (κ3) is 4.83. The normalized spacial score (nSPS) is 14.9. The molecule has 1 aliphatic heterocycles. The summed E-state index contributed by atoms with van der Waals surface area (Å²) < 4.78 is 3.37. The summed E-state index contributed by atoms with van der Waals surface area (Å²) in [6.07, 6.45) is 4.35. The molecule has 0 atom stereocenters. The van der Waals surface area contributed by atoms with Crippen LogP contribution in [0.3, 0.4) is 0 Å². The average molecular weight is 471 g/mol. The van der Waals surface area contributed by atoms with Crippen LogP contribution < -0.4 is 16.1 Å². The highest BCUT2D eigenvalue weighted by Crippen LogP contribution is 2.23. The van der Waals surface area contributed by atoms with Crippen molar-refractivity contribution < 1.29 is 0 Å². The number of aromatic amines is 1. The molecule has 0 aliphatic carbocycles. The van der Waals surface area contributed by atoms with Gasteiger partial charge < -0.3 is 4.90 Å². The molecule has 2 aromatic heterocycles. The average Bonchev–Trinajstić information content (AvgIpc) is 3.23. The molecular weight excluding hydrogens is 440 g/mol. The van der Waals surface area contributed by atoms with Crippen molar-refractivity contribution in [2.45, 2.75) is 13.5 Å². The topological polar surface area (TPSA) is 79.2 Å². The van der Waals surface area contributed by atoms with Crippen LogP contribution in [-0.4, -0.2) is 56.7 Å². The van der Waals surface area contributed by atoms with E-state index in [1.165, 1.54) is 10.1 Å². The molecule has 0 radical (unpaired) electrons. The second-order valence-corrected chi connectivity index (χ2v) is 9.08. The van der Waals surface area contributed by atoms with E-state index in [1.807, 2.05) is 28.8 Å². The Morgan fingerprint density at radius 1 is 1.00 bits per heavy atom. The fourth-order valence-electron chi connectivity index (χ4n) is 4.64. The predicted octanol–water partition coefficient (Wildman–Crippen LogP) is 2.62. The Labute approximate surface area is 203 Å². The second-order valence-electron chi connectivity index (χ2n) is 9.08. The maximum absolute atomic E-state index is 12.8. The molecule has 1 saturated heterocycles. The maximum Gasteiger partial charge on any atom is 0.329 e. The zero-order valence-electron chi connectivity index (χ0n) is 20.1. The van der Waals surface area contributed by atoms with Crippen LogP contribution in [-0.2, 0) is 13.6 Å². The predicted molar refractivity (Wildman–Crippen MR) is 140 cm³/mol. The first-order valence-electron chi connectivity index (χ1n) is 11.9. The van der Waals surface area contributed by atoms with E-state index in [0.29, 0.717) is 17.7 Å². The van der Waals surface area contributed by atoms with Crippen molar-refractivity contribution in [3.63, 3.8) is 0 Å². The Balaban J connectivity index is 1.40. The molecule has 180 valence electrons. The summed E-state index contributed by atoms with van der Waals surface area (Å²) in [5.74, 6) is 0.729. The molecule has 0 saturated carbocycles. The lowest BCUT2D eigenvalue weighted by atomic mass is 10.1. The van der Waals surface area contributed by atoms with Crippen molar-refractivity contribution in [3.8, 4) is 0 Å². The van der Waals surface area contributed by atoms with Crippen LogP contribution in [0.5, 0.6) is 0 Å². The number of rotatable bonds is 6. The van der Waals surface area contributed by atoms with Crippen LogP contribution in [0.25, 0.3) is 17.2 Å². The van der Waals surface area contributed by atoms with Crippen LogP contribution in [0.1, 0.15) is 16.7 Å². The quantitative estimate of drug-likeness (QED) is 0.469. The van der Waals surface area contributed by atoms with E-state index >= 15 is 0 Å². The number of hydrogen-bond donors (Lipinski definition) is 1. The smallest absolute Gasteiger partial charge is 0.329 e. The van der Waals surface area contributed by atoms with Gasteiger partial charge in [-0.05, 0) is 18.1 Å². The van der Waals surface area contributed by atoms with Crippen molar-refractivity contribution in [3.05, 3.63) is 98.2 Å². The van der Waals surface area contributed by atoms with E-state index in [-0.39, 0.29) is 0 Å². The molecule has 35 heavy (non-hydrogen) atoms. The monoisotopic (exact) mass is 470 g/mol. The molecule has 8 nitrogen and oxygen atoms in total. The number of piperazine rings is 1. The van der Waals surface area contributed by atoms with Crippen molar-refractivity contribution in [2.75, 3.05) is 37.6 Å². The molecule has 4 aromatic rings. The number of nitrogens with one attached hydrogen (secondary N) is 1. The largest absolute Gasteiger partial charge is 0.340 e. The molecule has 5 rings (SSSR count). The number of imidazole rings is 1. The van der Waals surface area contributed by atoms with Gasteiger partial charge in [0.05, 0.1) is 6.54 Å². The first kappa shape index (κ1) is 22.9. The van der Waals surface area contributed by atoms with Gasteiger partial charge in [-0.2, -0.15) is 4.98 Å². The summed E-state index contributed by atoms with van der Waals surface area (Å²) in [5, 5.41) is 0. The van der Waals surface area contributed by atoms with Gasteiger partial charge in [0.15, 0.2) is 11.2 Å². The van der Waals surface area contributed by atoms with Crippen LogP contribution in [0.15, 0.2) is 70.3 Å². The van der Waals surface area contributed by atoms with Gasteiger partial charge in [0.25, 0.3) is 5.56 Å². The maximum atomic E-state index is 12.8. The minimum Gasteiger partial charge on any atom is -0.340 e. The van der Waals surface area contributed by atoms with Gasteiger partial charge in [-0.3, -0.25) is 23.8 Å². The third-order valence-electron chi connectivity index (χ3n) is 6.54. The zero-order chi connectivity index (χ0) is 24.4. The first-order chi connectivity index (χ1) is 17.0. The number of aryl methyl sites for hydroxylation is 2. The van der Waals surface area contributed by atoms with Gasteiger partial charge in [-0.1, -0.05) is 72.3 Å². The fourth-order valence-corrected chi connectivity index (χ4v) is 4.64. The minimum atomic E-state index is -0.454. The summed E-state index contributed by atoms with van der Waals surface area (Å²) in [5.41, 5.74) is 3.43. The second kappa shape index (κ2) is 9.76. The zero-order valence-corrected chi connectivity index (χ0v) is 20.1. The van der Waals surface area contributed by atoms with Gasteiger partial charge in [0.1, 0.15) is 0 Å². The SMILES string of the molecule is Cc1cccc(Cn2c(N3CCN(C/C=C\c4ccccc4)CC3)nc3c2c(=O)[nH]c(=O)n3C)c1. The molecule has 0 bridgehead atoms. The van der Waals surface area contributed by atoms with Gasteiger partial charge >= 0.3 is 5.69 Å². The molecular formula is C27H30N6O2. The molecule has 0 amide bonds. The van der Waals surface area contributed by atoms with Crippen molar-refractivity contribution >= 4 is 23.2 Å². The standard InChI is InChI=1S/C27H30N6O2/c1-20-8-6-11-22(18-20)19-33-23-24(30(2)27(35)29-25(23)34)28-26(33)32-16-14-31(15-17-32)13-7-12-21-9-4-3-5-10-21/h3-12,18H,13-17,19H2,1-2H3,(H,29,34,35)/b12-7-. The van der Waals surface area contributed by atoms with Crippen LogP contribution in [0.4, 0.5) is 5.95 Å². The molecule has 0 spiro atoms. The molecule has 1 fully saturated rings.